The first-order valence-electron chi connectivity index (χ1n) is 5.11. The van der Waals surface area contributed by atoms with Crippen molar-refractivity contribution in [2.75, 3.05) is 0 Å². The van der Waals surface area contributed by atoms with Gasteiger partial charge in [-0.3, -0.25) is 5.10 Å². The zero-order valence-electron chi connectivity index (χ0n) is 8.27. The van der Waals surface area contributed by atoms with Crippen LogP contribution in [0.3, 0.4) is 0 Å². The second-order valence-corrected chi connectivity index (χ2v) is 4.06. The lowest BCUT2D eigenvalue weighted by Gasteiger charge is -2.07. The first-order chi connectivity index (χ1) is 7.30. The Labute approximate surface area is 87.8 Å². The minimum Gasteiger partial charge on any atom is -0.385 e. The minimum atomic E-state index is -0.627. The average Bonchev–Trinajstić information content (AvgIpc) is 2.85. The molecule has 0 bridgehead atoms. The molecule has 0 saturated heterocycles. The molecule has 0 amide bonds. The van der Waals surface area contributed by atoms with Gasteiger partial charge in [0.2, 0.25) is 0 Å². The lowest BCUT2D eigenvalue weighted by atomic mass is 10.0. The second kappa shape index (κ2) is 2.94. The van der Waals surface area contributed by atoms with E-state index < -0.39 is 5.60 Å². The highest BCUT2D eigenvalue weighted by Gasteiger charge is 2.44. The van der Waals surface area contributed by atoms with E-state index in [1.165, 1.54) is 0 Å². The number of nitrogens with one attached hydrogen (secondary N) is 1. The first-order valence-corrected chi connectivity index (χ1v) is 5.11. The van der Waals surface area contributed by atoms with Gasteiger partial charge in [0, 0.05) is 5.56 Å². The molecule has 1 fully saturated rings. The van der Waals surface area contributed by atoms with Crippen LogP contribution in [0.1, 0.15) is 18.4 Å². The Kier molecular flexibility index (Phi) is 1.70. The number of hydrogen-bond acceptors (Lipinski definition) is 2. The molecule has 3 rings (SSSR count). The first kappa shape index (κ1) is 8.68. The van der Waals surface area contributed by atoms with Crippen molar-refractivity contribution in [2.24, 2.45) is 0 Å². The van der Waals surface area contributed by atoms with E-state index in [-0.39, 0.29) is 0 Å². The predicted octanol–water partition coefficient (Wildman–Crippen LogP) is 2.06. The number of rotatable bonds is 2. The van der Waals surface area contributed by atoms with Gasteiger partial charge in [-0.1, -0.05) is 30.3 Å². The van der Waals surface area contributed by atoms with E-state index in [4.69, 9.17) is 0 Å². The molecule has 0 radical (unpaired) electrons. The highest BCUT2D eigenvalue weighted by atomic mass is 16.3. The molecule has 1 heterocycles. The van der Waals surface area contributed by atoms with Gasteiger partial charge in [0.15, 0.2) is 0 Å². The molecule has 1 aliphatic carbocycles. The van der Waals surface area contributed by atoms with Crippen LogP contribution in [0.4, 0.5) is 0 Å². The van der Waals surface area contributed by atoms with Gasteiger partial charge >= 0.3 is 0 Å². The van der Waals surface area contributed by atoms with Crippen molar-refractivity contribution in [1.82, 2.24) is 10.2 Å². The number of nitrogens with zero attached hydrogens (tertiary/aromatic N) is 1. The Morgan fingerprint density at radius 3 is 2.60 bits per heavy atom. The summed E-state index contributed by atoms with van der Waals surface area (Å²) in [5, 5.41) is 17.0. The van der Waals surface area contributed by atoms with Crippen molar-refractivity contribution in [3.05, 3.63) is 42.1 Å². The van der Waals surface area contributed by atoms with E-state index in [0.717, 1.165) is 29.7 Å². The van der Waals surface area contributed by atoms with Crippen LogP contribution in [0.15, 0.2) is 36.5 Å². The van der Waals surface area contributed by atoms with Gasteiger partial charge in [-0.05, 0) is 18.4 Å². The largest absolute Gasteiger partial charge is 0.385 e. The number of hydrogen-bond donors (Lipinski definition) is 2. The Morgan fingerprint density at radius 2 is 1.93 bits per heavy atom. The third kappa shape index (κ3) is 1.36. The monoisotopic (exact) mass is 200 g/mol. The zero-order chi connectivity index (χ0) is 10.3. The van der Waals surface area contributed by atoms with Gasteiger partial charge < -0.3 is 5.11 Å². The Hall–Kier alpha value is -1.61. The molecule has 1 aromatic carbocycles. The topological polar surface area (TPSA) is 48.9 Å². The Bertz CT molecular complexity index is 471. The molecular formula is C12H12N2O. The maximum Gasteiger partial charge on any atom is 0.0935 e. The van der Waals surface area contributed by atoms with Gasteiger partial charge in [0.05, 0.1) is 17.5 Å². The summed E-state index contributed by atoms with van der Waals surface area (Å²) in [4.78, 5) is 0. The van der Waals surface area contributed by atoms with E-state index >= 15 is 0 Å². The van der Waals surface area contributed by atoms with Crippen LogP contribution in [0.2, 0.25) is 0 Å². The van der Waals surface area contributed by atoms with Crippen LogP contribution in [0, 0.1) is 0 Å². The van der Waals surface area contributed by atoms with Crippen LogP contribution < -0.4 is 0 Å². The molecular weight excluding hydrogens is 188 g/mol. The van der Waals surface area contributed by atoms with E-state index in [9.17, 15) is 5.11 Å². The summed E-state index contributed by atoms with van der Waals surface area (Å²) in [7, 11) is 0. The number of aromatic nitrogens is 2. The van der Waals surface area contributed by atoms with Crippen molar-refractivity contribution in [2.45, 2.75) is 18.4 Å². The van der Waals surface area contributed by atoms with Crippen LogP contribution >= 0.6 is 0 Å². The molecule has 1 aromatic heterocycles. The third-order valence-corrected chi connectivity index (χ3v) is 2.93. The second-order valence-electron chi connectivity index (χ2n) is 4.06. The molecule has 0 spiro atoms. The molecule has 1 saturated carbocycles. The quantitative estimate of drug-likeness (QED) is 0.779. The summed E-state index contributed by atoms with van der Waals surface area (Å²) in [6.07, 6.45) is 3.41. The number of benzene rings is 1. The summed E-state index contributed by atoms with van der Waals surface area (Å²) < 4.78 is 0. The molecule has 1 aliphatic rings. The third-order valence-electron chi connectivity index (χ3n) is 2.93. The SMILES string of the molecule is OC1(c2cn[nH]c2-c2ccccc2)CC1. The molecule has 3 heteroatoms. The lowest BCUT2D eigenvalue weighted by Crippen LogP contribution is -2.04. The smallest absolute Gasteiger partial charge is 0.0935 e. The molecule has 0 atom stereocenters. The van der Waals surface area contributed by atoms with E-state index in [0.29, 0.717) is 0 Å². The molecule has 0 unspecified atom stereocenters. The maximum atomic E-state index is 10.1. The van der Waals surface area contributed by atoms with Gasteiger partial charge in [-0.15, -0.1) is 0 Å². The highest BCUT2D eigenvalue weighted by Crippen LogP contribution is 2.47. The van der Waals surface area contributed by atoms with E-state index in [1.807, 2.05) is 30.3 Å². The normalized spacial score (nSPS) is 17.7. The summed E-state index contributed by atoms with van der Waals surface area (Å²) in [5.74, 6) is 0. The molecule has 0 aliphatic heterocycles. The van der Waals surface area contributed by atoms with Crippen molar-refractivity contribution in [1.29, 1.82) is 0 Å². The van der Waals surface area contributed by atoms with Crippen molar-refractivity contribution < 1.29 is 5.11 Å². The van der Waals surface area contributed by atoms with Crippen LogP contribution in [0.5, 0.6) is 0 Å². The van der Waals surface area contributed by atoms with Crippen molar-refractivity contribution in [3.8, 4) is 11.3 Å². The maximum absolute atomic E-state index is 10.1. The fourth-order valence-corrected chi connectivity index (χ4v) is 1.85. The van der Waals surface area contributed by atoms with Gasteiger partial charge in [0.1, 0.15) is 0 Å². The molecule has 2 aromatic rings. The van der Waals surface area contributed by atoms with Gasteiger partial charge in [0.25, 0.3) is 0 Å². The molecule has 76 valence electrons. The molecule has 3 nitrogen and oxygen atoms in total. The number of H-pyrrole nitrogens is 1. The standard InChI is InChI=1S/C12H12N2O/c15-12(6-7-12)10-8-13-14-11(10)9-4-2-1-3-5-9/h1-5,8,15H,6-7H2,(H,13,14). The summed E-state index contributed by atoms with van der Waals surface area (Å²) in [6.45, 7) is 0. The predicted molar refractivity (Wildman–Crippen MR) is 57.2 cm³/mol. The fourth-order valence-electron chi connectivity index (χ4n) is 1.85. The van der Waals surface area contributed by atoms with Gasteiger partial charge in [-0.2, -0.15) is 5.10 Å². The average molecular weight is 200 g/mol. The lowest BCUT2D eigenvalue weighted by molar-refractivity contribution is 0.152. The van der Waals surface area contributed by atoms with Crippen LogP contribution in [-0.2, 0) is 5.60 Å². The summed E-state index contributed by atoms with van der Waals surface area (Å²) in [6, 6.07) is 9.98. The van der Waals surface area contributed by atoms with E-state index in [2.05, 4.69) is 10.2 Å². The number of aliphatic hydroxyl groups is 1. The zero-order valence-corrected chi connectivity index (χ0v) is 8.27. The van der Waals surface area contributed by atoms with Gasteiger partial charge in [-0.25, -0.2) is 0 Å². The van der Waals surface area contributed by atoms with Crippen LogP contribution in [-0.4, -0.2) is 15.3 Å². The number of aromatic amines is 1. The Morgan fingerprint density at radius 1 is 1.20 bits per heavy atom. The summed E-state index contributed by atoms with van der Waals surface area (Å²) in [5.41, 5.74) is 2.31. The summed E-state index contributed by atoms with van der Waals surface area (Å²) >= 11 is 0. The van der Waals surface area contributed by atoms with E-state index in [1.54, 1.807) is 6.20 Å². The fraction of sp³-hybridized carbons (Fsp3) is 0.250. The van der Waals surface area contributed by atoms with Crippen molar-refractivity contribution in [3.63, 3.8) is 0 Å². The molecule has 2 N–H and O–H groups in total. The van der Waals surface area contributed by atoms with Crippen molar-refractivity contribution >= 4 is 0 Å². The highest BCUT2D eigenvalue weighted by molar-refractivity contribution is 5.64. The van der Waals surface area contributed by atoms with Crippen LogP contribution in [0.25, 0.3) is 11.3 Å². The minimum absolute atomic E-state index is 0.627. The Balaban J connectivity index is 2.10. The molecule has 15 heavy (non-hydrogen) atoms.